The smallest absolute Gasteiger partial charge is 0.259 e. The van der Waals surface area contributed by atoms with Gasteiger partial charge in [-0.05, 0) is 36.8 Å². The number of non-ortho nitro benzene ring substituents is 1. The van der Waals surface area contributed by atoms with Gasteiger partial charge in [0.15, 0.2) is 0 Å². The van der Waals surface area contributed by atoms with Crippen molar-refractivity contribution in [1.29, 1.82) is 0 Å². The Hall–Kier alpha value is -2.90. The molecule has 0 N–H and O–H groups in total. The van der Waals surface area contributed by atoms with Crippen molar-refractivity contribution in [1.82, 2.24) is 0 Å². The van der Waals surface area contributed by atoms with Gasteiger partial charge in [-0.15, -0.1) is 0 Å². The van der Waals surface area contributed by atoms with Gasteiger partial charge in [0.1, 0.15) is 0 Å². The van der Waals surface area contributed by atoms with Gasteiger partial charge >= 0.3 is 0 Å². The zero-order chi connectivity index (χ0) is 20.3. The average molecular weight is 417 g/mol. The van der Waals surface area contributed by atoms with Gasteiger partial charge < -0.3 is 0 Å². The van der Waals surface area contributed by atoms with Crippen molar-refractivity contribution in [3.8, 4) is 0 Å². The van der Waals surface area contributed by atoms with Crippen molar-refractivity contribution in [3.05, 3.63) is 99.6 Å². The van der Waals surface area contributed by atoms with E-state index in [4.69, 9.17) is 11.6 Å². The fourth-order valence-corrected chi connectivity index (χ4v) is 4.78. The minimum absolute atomic E-state index is 0.163. The topological polar surface area (TPSA) is 80.5 Å². The normalized spacial score (nSPS) is 12.4. The molecule has 3 aromatic carbocycles. The first-order valence-electron chi connectivity index (χ1n) is 8.40. The molecule has 1 atom stereocenters. The van der Waals surface area contributed by atoms with Crippen LogP contribution in [0, 0.1) is 10.1 Å². The van der Waals surface area contributed by atoms with Crippen LogP contribution in [0.4, 0.5) is 11.4 Å². The van der Waals surface area contributed by atoms with Crippen LogP contribution in [0.25, 0.3) is 0 Å². The van der Waals surface area contributed by atoms with Gasteiger partial charge in [0.05, 0.1) is 21.5 Å². The largest absolute Gasteiger partial charge is 0.270 e. The molecule has 0 aliphatic carbocycles. The molecule has 0 radical (unpaired) electrons. The fraction of sp³-hybridized carbons (Fsp3) is 0.100. The van der Waals surface area contributed by atoms with Crippen LogP contribution >= 0.6 is 11.6 Å². The molecule has 0 aliphatic rings. The van der Waals surface area contributed by atoms with Crippen molar-refractivity contribution in [2.24, 2.45) is 0 Å². The molecule has 1 unspecified atom stereocenters. The van der Waals surface area contributed by atoms with Gasteiger partial charge in [-0.2, -0.15) is 0 Å². The number of hydrogen-bond acceptors (Lipinski definition) is 4. The highest BCUT2D eigenvalue weighted by Crippen LogP contribution is 2.35. The molecule has 0 heterocycles. The number of rotatable bonds is 6. The molecular formula is C20H17ClN2O4S. The first-order chi connectivity index (χ1) is 13.3. The summed E-state index contributed by atoms with van der Waals surface area (Å²) in [5.41, 5.74) is 0.853. The van der Waals surface area contributed by atoms with Gasteiger partial charge in [-0.3, -0.25) is 14.4 Å². The van der Waals surface area contributed by atoms with Gasteiger partial charge in [0.25, 0.3) is 15.7 Å². The van der Waals surface area contributed by atoms with E-state index in [2.05, 4.69) is 0 Å². The average Bonchev–Trinajstić information content (AvgIpc) is 2.68. The molecule has 144 valence electrons. The number of nitrogens with zero attached hydrogens (tertiary/aromatic N) is 2. The Labute approximate surface area is 168 Å². The molecule has 0 aromatic heterocycles. The van der Waals surface area contributed by atoms with Crippen LogP contribution in [0.1, 0.15) is 18.5 Å². The monoisotopic (exact) mass is 416 g/mol. The Morgan fingerprint density at radius 1 is 0.964 bits per heavy atom. The zero-order valence-electron chi connectivity index (χ0n) is 14.9. The molecule has 3 rings (SSSR count). The molecule has 0 aliphatic heterocycles. The van der Waals surface area contributed by atoms with E-state index in [0.29, 0.717) is 10.7 Å². The second-order valence-corrected chi connectivity index (χ2v) is 8.37. The summed E-state index contributed by atoms with van der Waals surface area (Å²) in [5.74, 6) is 0. The number of halogens is 1. The second kappa shape index (κ2) is 8.00. The third kappa shape index (κ3) is 4.00. The number of nitro groups is 1. The first-order valence-corrected chi connectivity index (χ1v) is 10.2. The second-order valence-electron chi connectivity index (χ2n) is 6.12. The lowest BCUT2D eigenvalue weighted by molar-refractivity contribution is -0.385. The van der Waals surface area contributed by atoms with Gasteiger partial charge in [-0.1, -0.05) is 54.1 Å². The summed E-state index contributed by atoms with van der Waals surface area (Å²) in [7, 11) is -4.10. The third-order valence-electron chi connectivity index (χ3n) is 4.28. The predicted molar refractivity (Wildman–Crippen MR) is 109 cm³/mol. The lowest BCUT2D eigenvalue weighted by Crippen LogP contribution is -2.33. The van der Waals surface area contributed by atoms with E-state index < -0.39 is 21.0 Å². The van der Waals surface area contributed by atoms with Crippen molar-refractivity contribution in [3.63, 3.8) is 0 Å². The van der Waals surface area contributed by atoms with Crippen LogP contribution in [0.5, 0.6) is 0 Å². The van der Waals surface area contributed by atoms with Gasteiger partial charge in [-0.25, -0.2) is 8.42 Å². The van der Waals surface area contributed by atoms with Gasteiger partial charge in [0.2, 0.25) is 0 Å². The number of anilines is 1. The number of benzene rings is 3. The fourth-order valence-electron chi connectivity index (χ4n) is 2.92. The van der Waals surface area contributed by atoms with Crippen LogP contribution in [0.2, 0.25) is 5.02 Å². The van der Waals surface area contributed by atoms with E-state index >= 15 is 0 Å². The van der Waals surface area contributed by atoms with E-state index in [1.54, 1.807) is 31.2 Å². The summed E-state index contributed by atoms with van der Waals surface area (Å²) in [4.78, 5) is 10.3. The van der Waals surface area contributed by atoms with E-state index in [9.17, 15) is 18.5 Å². The van der Waals surface area contributed by atoms with Crippen molar-refractivity contribution in [2.45, 2.75) is 17.9 Å². The summed E-state index contributed by atoms with van der Waals surface area (Å²) in [6, 6.07) is 20.1. The summed E-state index contributed by atoms with van der Waals surface area (Å²) in [6.07, 6.45) is 0. The Bertz CT molecular complexity index is 1100. The molecule has 0 bridgehead atoms. The molecule has 0 spiro atoms. The lowest BCUT2D eigenvalue weighted by atomic mass is 10.1. The summed E-state index contributed by atoms with van der Waals surface area (Å²) >= 11 is 6.09. The molecule has 0 saturated carbocycles. The summed E-state index contributed by atoms with van der Waals surface area (Å²) in [6.45, 7) is 1.76. The van der Waals surface area contributed by atoms with Crippen LogP contribution in [-0.2, 0) is 10.0 Å². The first kappa shape index (κ1) is 19.9. The van der Waals surface area contributed by atoms with Crippen molar-refractivity contribution < 1.29 is 13.3 Å². The Morgan fingerprint density at radius 2 is 1.64 bits per heavy atom. The predicted octanol–water partition coefficient (Wildman–Crippen LogP) is 5.20. The molecule has 3 aromatic rings. The maximum absolute atomic E-state index is 13.5. The maximum atomic E-state index is 13.5. The van der Waals surface area contributed by atoms with E-state index in [1.807, 2.05) is 30.3 Å². The lowest BCUT2D eigenvalue weighted by Gasteiger charge is -2.31. The van der Waals surface area contributed by atoms with Crippen molar-refractivity contribution in [2.75, 3.05) is 4.31 Å². The SMILES string of the molecule is CC(c1ccccc1)N(c1cccc(Cl)c1)S(=O)(=O)c1cccc([N+](=O)[O-])c1. The Kier molecular flexibility index (Phi) is 5.67. The van der Waals surface area contributed by atoms with Crippen LogP contribution in [0.3, 0.4) is 0 Å². The molecule has 28 heavy (non-hydrogen) atoms. The highest BCUT2D eigenvalue weighted by atomic mass is 35.5. The summed E-state index contributed by atoms with van der Waals surface area (Å²) in [5, 5.41) is 11.5. The standard InChI is InChI=1S/C20H17ClN2O4S/c1-15(16-7-3-2-4-8-16)22(18-10-5-9-17(21)13-18)28(26,27)20-12-6-11-19(14-20)23(24)25/h2-15H,1H3. The molecule has 0 amide bonds. The number of nitro benzene ring substituents is 1. The molecule has 0 fully saturated rings. The Morgan fingerprint density at radius 3 is 2.29 bits per heavy atom. The zero-order valence-corrected chi connectivity index (χ0v) is 16.5. The molecule has 0 saturated heterocycles. The highest BCUT2D eigenvalue weighted by molar-refractivity contribution is 7.92. The van der Waals surface area contributed by atoms with E-state index in [-0.39, 0.29) is 10.6 Å². The van der Waals surface area contributed by atoms with E-state index in [0.717, 1.165) is 11.6 Å². The van der Waals surface area contributed by atoms with Crippen LogP contribution < -0.4 is 4.31 Å². The Balaban J connectivity index is 2.18. The quantitative estimate of drug-likeness (QED) is 0.408. The summed E-state index contributed by atoms with van der Waals surface area (Å²) < 4.78 is 28.2. The molecule has 6 nitrogen and oxygen atoms in total. The third-order valence-corrected chi connectivity index (χ3v) is 6.41. The molecular weight excluding hydrogens is 400 g/mol. The van der Waals surface area contributed by atoms with Crippen LogP contribution in [0.15, 0.2) is 83.8 Å². The number of hydrogen-bond donors (Lipinski definition) is 0. The van der Waals surface area contributed by atoms with E-state index in [1.165, 1.54) is 22.5 Å². The number of sulfonamides is 1. The minimum Gasteiger partial charge on any atom is -0.259 e. The maximum Gasteiger partial charge on any atom is 0.270 e. The molecule has 8 heteroatoms. The highest BCUT2D eigenvalue weighted by Gasteiger charge is 2.31. The minimum atomic E-state index is -4.10. The van der Waals surface area contributed by atoms with Crippen LogP contribution in [-0.4, -0.2) is 13.3 Å². The van der Waals surface area contributed by atoms with Gasteiger partial charge in [0, 0.05) is 17.2 Å². The van der Waals surface area contributed by atoms with Crippen molar-refractivity contribution >= 4 is 33.0 Å².